The molecule has 0 aliphatic carbocycles. The molecule has 2 aromatic heterocycles. The Bertz CT molecular complexity index is 1310. The second-order valence-electron chi connectivity index (χ2n) is 7.44. The Balaban J connectivity index is 1.38. The molecular formula is C24H19ClN4O2. The minimum atomic E-state index is -0.132. The summed E-state index contributed by atoms with van der Waals surface area (Å²) in [7, 11) is 0. The third-order valence-corrected chi connectivity index (χ3v) is 5.83. The summed E-state index contributed by atoms with van der Waals surface area (Å²) in [6, 6.07) is 16.9. The molecule has 2 amide bonds. The van der Waals surface area contributed by atoms with Gasteiger partial charge in [-0.25, -0.2) is 0 Å². The molecule has 7 heteroatoms. The largest absolute Gasteiger partial charge is 0.355 e. The smallest absolute Gasteiger partial charge is 0.252 e. The lowest BCUT2D eigenvalue weighted by Gasteiger charge is -2.06. The third kappa shape index (κ3) is 3.66. The van der Waals surface area contributed by atoms with Crippen molar-refractivity contribution in [3.05, 3.63) is 88.2 Å². The van der Waals surface area contributed by atoms with Crippen molar-refractivity contribution in [2.45, 2.75) is 13.0 Å². The van der Waals surface area contributed by atoms with E-state index in [2.05, 4.69) is 20.6 Å². The molecule has 0 atom stereocenters. The van der Waals surface area contributed by atoms with E-state index in [-0.39, 0.29) is 11.8 Å². The van der Waals surface area contributed by atoms with Gasteiger partial charge in [0.15, 0.2) is 0 Å². The SMILES string of the molecule is O=C(NCCc1ccccn1)c1ccc2[nH]c(-c3ccc(Cl)c4c3C(=O)NC4)cc2c1. The van der Waals surface area contributed by atoms with Crippen molar-refractivity contribution < 1.29 is 9.59 Å². The number of carbonyl (C=O) groups excluding carboxylic acids is 2. The molecule has 3 N–H and O–H groups in total. The van der Waals surface area contributed by atoms with Crippen LogP contribution in [0.3, 0.4) is 0 Å². The summed E-state index contributed by atoms with van der Waals surface area (Å²) in [5.74, 6) is -0.258. The van der Waals surface area contributed by atoms with Crippen LogP contribution in [0.5, 0.6) is 0 Å². The molecule has 0 fully saturated rings. The molecular weight excluding hydrogens is 412 g/mol. The Kier molecular flexibility index (Phi) is 4.92. The predicted octanol–water partition coefficient (Wildman–Crippen LogP) is 4.10. The molecule has 5 rings (SSSR count). The van der Waals surface area contributed by atoms with Gasteiger partial charge in [0.25, 0.3) is 11.8 Å². The fraction of sp³-hybridized carbons (Fsp3) is 0.125. The second kappa shape index (κ2) is 7.89. The van der Waals surface area contributed by atoms with Crippen molar-refractivity contribution in [1.82, 2.24) is 20.6 Å². The summed E-state index contributed by atoms with van der Waals surface area (Å²) in [4.78, 5) is 32.5. The van der Waals surface area contributed by atoms with Crippen LogP contribution in [0.25, 0.3) is 22.2 Å². The standard InChI is InChI=1S/C24H19ClN4O2/c25-19-6-5-17(22-18(19)13-28-24(22)31)21-12-15-11-14(4-7-20(15)29-21)23(30)27-10-8-16-3-1-2-9-26-16/h1-7,9,11-12,29H,8,10,13H2,(H,27,30)(H,28,31). The number of halogens is 1. The fourth-order valence-electron chi connectivity index (χ4n) is 3.91. The zero-order valence-electron chi connectivity index (χ0n) is 16.5. The van der Waals surface area contributed by atoms with Gasteiger partial charge in [0, 0.05) is 69.7 Å². The lowest BCUT2D eigenvalue weighted by Crippen LogP contribution is -2.25. The molecule has 154 valence electrons. The topological polar surface area (TPSA) is 86.9 Å². The Morgan fingerprint density at radius 2 is 2.03 bits per heavy atom. The highest BCUT2D eigenvalue weighted by Crippen LogP contribution is 2.34. The van der Waals surface area contributed by atoms with E-state index in [1.54, 1.807) is 12.3 Å². The molecule has 0 saturated carbocycles. The van der Waals surface area contributed by atoms with E-state index in [1.807, 2.05) is 48.5 Å². The first kappa shape index (κ1) is 19.3. The molecule has 0 bridgehead atoms. The van der Waals surface area contributed by atoms with Gasteiger partial charge in [-0.15, -0.1) is 0 Å². The predicted molar refractivity (Wildman–Crippen MR) is 120 cm³/mol. The fourth-order valence-corrected chi connectivity index (χ4v) is 4.13. The van der Waals surface area contributed by atoms with Gasteiger partial charge in [-0.05, 0) is 42.5 Å². The van der Waals surface area contributed by atoms with Crippen LogP contribution in [-0.2, 0) is 13.0 Å². The van der Waals surface area contributed by atoms with Gasteiger partial charge in [-0.3, -0.25) is 14.6 Å². The lowest BCUT2D eigenvalue weighted by molar-refractivity contribution is 0.0950. The Labute approximate surface area is 183 Å². The average molecular weight is 431 g/mol. The summed E-state index contributed by atoms with van der Waals surface area (Å²) < 4.78 is 0. The van der Waals surface area contributed by atoms with Gasteiger partial charge in [0.05, 0.1) is 5.56 Å². The number of amides is 2. The van der Waals surface area contributed by atoms with Crippen molar-refractivity contribution in [1.29, 1.82) is 0 Å². The van der Waals surface area contributed by atoms with E-state index in [0.717, 1.165) is 33.4 Å². The maximum absolute atomic E-state index is 12.6. The van der Waals surface area contributed by atoms with Crippen LogP contribution in [0, 0.1) is 0 Å². The van der Waals surface area contributed by atoms with Gasteiger partial charge in [-0.2, -0.15) is 0 Å². The maximum Gasteiger partial charge on any atom is 0.252 e. The van der Waals surface area contributed by atoms with Crippen LogP contribution in [-0.4, -0.2) is 28.3 Å². The van der Waals surface area contributed by atoms with Crippen LogP contribution in [0.1, 0.15) is 32.0 Å². The van der Waals surface area contributed by atoms with Gasteiger partial charge in [0.1, 0.15) is 0 Å². The van der Waals surface area contributed by atoms with Crippen molar-refractivity contribution in [2.75, 3.05) is 6.54 Å². The number of fused-ring (bicyclic) bond motifs is 2. The first-order chi connectivity index (χ1) is 15.1. The minimum Gasteiger partial charge on any atom is -0.355 e. The molecule has 1 aliphatic heterocycles. The molecule has 2 aromatic carbocycles. The highest BCUT2D eigenvalue weighted by molar-refractivity contribution is 6.32. The summed E-state index contributed by atoms with van der Waals surface area (Å²) in [6.07, 6.45) is 2.42. The Morgan fingerprint density at radius 1 is 1.13 bits per heavy atom. The number of aromatic amines is 1. The number of carbonyl (C=O) groups is 2. The first-order valence-corrected chi connectivity index (χ1v) is 10.4. The molecule has 1 aliphatic rings. The van der Waals surface area contributed by atoms with E-state index in [0.29, 0.717) is 35.7 Å². The zero-order chi connectivity index (χ0) is 21.4. The van der Waals surface area contributed by atoms with Crippen molar-refractivity contribution in [3.8, 4) is 11.3 Å². The number of rotatable bonds is 5. The summed E-state index contributed by atoms with van der Waals surface area (Å²) >= 11 is 6.26. The normalized spacial score (nSPS) is 12.6. The molecule has 6 nitrogen and oxygen atoms in total. The van der Waals surface area contributed by atoms with Crippen molar-refractivity contribution in [2.24, 2.45) is 0 Å². The number of hydrogen-bond donors (Lipinski definition) is 3. The van der Waals surface area contributed by atoms with E-state index < -0.39 is 0 Å². The first-order valence-electron chi connectivity index (χ1n) is 10.0. The number of H-pyrrole nitrogens is 1. The van der Waals surface area contributed by atoms with Crippen molar-refractivity contribution >= 4 is 34.3 Å². The molecule has 0 radical (unpaired) electrons. The molecule has 4 aromatic rings. The van der Waals surface area contributed by atoms with Gasteiger partial charge in [-0.1, -0.05) is 23.7 Å². The zero-order valence-corrected chi connectivity index (χ0v) is 17.3. The number of hydrogen-bond acceptors (Lipinski definition) is 3. The number of nitrogens with one attached hydrogen (secondary N) is 3. The summed E-state index contributed by atoms with van der Waals surface area (Å²) in [5, 5.41) is 7.25. The molecule has 31 heavy (non-hydrogen) atoms. The van der Waals surface area contributed by atoms with Crippen LogP contribution < -0.4 is 10.6 Å². The Hall–Kier alpha value is -3.64. The molecule has 0 spiro atoms. The van der Waals surface area contributed by atoms with Crippen LogP contribution >= 0.6 is 11.6 Å². The molecule has 3 heterocycles. The van der Waals surface area contributed by atoms with E-state index in [4.69, 9.17) is 11.6 Å². The monoisotopic (exact) mass is 430 g/mol. The quantitative estimate of drug-likeness (QED) is 0.445. The van der Waals surface area contributed by atoms with Crippen LogP contribution in [0.15, 0.2) is 60.8 Å². The van der Waals surface area contributed by atoms with Crippen molar-refractivity contribution in [3.63, 3.8) is 0 Å². The highest BCUT2D eigenvalue weighted by atomic mass is 35.5. The third-order valence-electron chi connectivity index (χ3n) is 5.47. The number of benzene rings is 2. The van der Waals surface area contributed by atoms with Gasteiger partial charge >= 0.3 is 0 Å². The highest BCUT2D eigenvalue weighted by Gasteiger charge is 2.26. The van der Waals surface area contributed by atoms with E-state index >= 15 is 0 Å². The molecule has 0 saturated heterocycles. The number of pyridine rings is 1. The van der Waals surface area contributed by atoms with Crippen LogP contribution in [0.4, 0.5) is 0 Å². The van der Waals surface area contributed by atoms with Gasteiger partial charge < -0.3 is 15.6 Å². The summed E-state index contributed by atoms with van der Waals surface area (Å²) in [6.45, 7) is 0.947. The Morgan fingerprint density at radius 3 is 2.87 bits per heavy atom. The molecule has 0 unspecified atom stereocenters. The second-order valence-corrected chi connectivity index (χ2v) is 7.85. The maximum atomic E-state index is 12.6. The van der Waals surface area contributed by atoms with Crippen LogP contribution in [0.2, 0.25) is 5.02 Å². The number of aromatic nitrogens is 2. The van der Waals surface area contributed by atoms with E-state index in [1.165, 1.54) is 0 Å². The van der Waals surface area contributed by atoms with E-state index in [9.17, 15) is 9.59 Å². The minimum absolute atomic E-state index is 0.126. The lowest BCUT2D eigenvalue weighted by atomic mass is 10.0. The summed E-state index contributed by atoms with van der Waals surface area (Å²) in [5.41, 5.74) is 5.44. The average Bonchev–Trinajstić information content (AvgIpc) is 3.39. The number of nitrogens with zero attached hydrogens (tertiary/aromatic N) is 1. The van der Waals surface area contributed by atoms with Gasteiger partial charge in [0.2, 0.25) is 0 Å².